The summed E-state index contributed by atoms with van der Waals surface area (Å²) in [4.78, 5) is 2.46. The Labute approximate surface area is 99.5 Å². The van der Waals surface area contributed by atoms with Crippen LogP contribution in [0.1, 0.15) is 28.1 Å². The van der Waals surface area contributed by atoms with Gasteiger partial charge in [0.25, 0.3) is 0 Å². The molecule has 90 valence electrons. The van der Waals surface area contributed by atoms with E-state index in [0.29, 0.717) is 0 Å². The van der Waals surface area contributed by atoms with Gasteiger partial charge in [-0.1, -0.05) is 13.8 Å². The molecule has 0 saturated carbocycles. The first-order chi connectivity index (χ1) is 7.33. The van der Waals surface area contributed by atoms with Gasteiger partial charge in [0.1, 0.15) is 0 Å². The molecule has 1 aliphatic rings. The van der Waals surface area contributed by atoms with E-state index in [1.807, 2.05) is 25.6 Å². The molecule has 2 N–H and O–H groups in total. The summed E-state index contributed by atoms with van der Waals surface area (Å²) in [6.07, 6.45) is 1.89. The monoisotopic (exact) mass is 231 g/mol. The van der Waals surface area contributed by atoms with Gasteiger partial charge in [0.2, 0.25) is 0 Å². The zero-order valence-electron chi connectivity index (χ0n) is 9.91. The minimum Gasteiger partial charge on any atom is -0.316 e. The van der Waals surface area contributed by atoms with Crippen LogP contribution in [0.15, 0.2) is 0 Å². The molecule has 1 fully saturated rings. The molecule has 0 aromatic heterocycles. The third-order valence-corrected chi connectivity index (χ3v) is 3.20. The summed E-state index contributed by atoms with van der Waals surface area (Å²) in [5.74, 6) is 2.51. The molecule has 1 heterocycles. The van der Waals surface area contributed by atoms with Gasteiger partial charge in [-0.2, -0.15) is 17.0 Å². The average molecular weight is 231 g/mol. The Morgan fingerprint density at radius 2 is 2.07 bits per heavy atom. The first kappa shape index (κ1) is 14.8. The van der Waals surface area contributed by atoms with E-state index in [9.17, 15) is 0 Å². The molecule has 0 aromatic carbocycles. The molecule has 1 saturated heterocycles. The van der Waals surface area contributed by atoms with E-state index >= 15 is 0 Å². The molecule has 0 bridgehead atoms. The van der Waals surface area contributed by atoms with Crippen molar-refractivity contribution in [3.8, 4) is 6.07 Å². The maximum atomic E-state index is 8.48. The molecule has 0 aliphatic carbocycles. The quantitative estimate of drug-likeness (QED) is 0.803. The van der Waals surface area contributed by atoms with Gasteiger partial charge in [-0.15, -0.1) is 0 Å². The van der Waals surface area contributed by atoms with Crippen molar-refractivity contribution in [3.05, 3.63) is 0 Å². The summed E-state index contributed by atoms with van der Waals surface area (Å²) >= 11 is 2.02. The lowest BCUT2D eigenvalue weighted by Gasteiger charge is -2.26. The molecule has 1 atom stereocenters. The standard InChI is InChI=1S/C9H17N3S.C2H6.H2/c10-8-9(11)2-1-3-12-4-6-13-7-5-12;1-2;/h9H,1-7,11H2;1-2H3;1H. The SMILES string of the molecule is CC.N#CC(N)CCCN1CCSCC1.[HH]. The van der Waals surface area contributed by atoms with Crippen LogP contribution in [0, 0.1) is 11.3 Å². The second kappa shape index (κ2) is 10.3. The van der Waals surface area contributed by atoms with Gasteiger partial charge in [-0.3, -0.25) is 0 Å². The normalized spacial score (nSPS) is 18.5. The first-order valence-electron chi connectivity index (χ1n) is 5.78. The molecule has 1 unspecified atom stereocenters. The number of hydrogen-bond acceptors (Lipinski definition) is 4. The van der Waals surface area contributed by atoms with Gasteiger partial charge in [0, 0.05) is 26.0 Å². The van der Waals surface area contributed by atoms with Gasteiger partial charge in [0.05, 0.1) is 12.1 Å². The van der Waals surface area contributed by atoms with E-state index in [4.69, 9.17) is 11.0 Å². The topological polar surface area (TPSA) is 53.1 Å². The van der Waals surface area contributed by atoms with Crippen LogP contribution in [0.4, 0.5) is 0 Å². The van der Waals surface area contributed by atoms with Crippen molar-refractivity contribution >= 4 is 11.8 Å². The molecule has 4 heteroatoms. The third-order valence-electron chi connectivity index (χ3n) is 2.26. The summed E-state index contributed by atoms with van der Waals surface area (Å²) in [6, 6.07) is 1.79. The number of nitriles is 1. The van der Waals surface area contributed by atoms with Crippen molar-refractivity contribution in [2.45, 2.75) is 32.7 Å². The molecule has 0 spiro atoms. The Morgan fingerprint density at radius 3 is 2.60 bits per heavy atom. The van der Waals surface area contributed by atoms with Crippen molar-refractivity contribution in [1.29, 1.82) is 5.26 Å². The molecular weight excluding hydrogens is 206 g/mol. The van der Waals surface area contributed by atoms with Crippen molar-refractivity contribution < 1.29 is 1.43 Å². The maximum Gasteiger partial charge on any atom is 0.0928 e. The summed E-state index contributed by atoms with van der Waals surface area (Å²) in [7, 11) is 0. The molecule has 0 aromatic rings. The Morgan fingerprint density at radius 1 is 1.47 bits per heavy atom. The van der Waals surface area contributed by atoms with Gasteiger partial charge in [0.15, 0.2) is 0 Å². The predicted octanol–water partition coefficient (Wildman–Crippen LogP) is 1.94. The Bertz CT molecular complexity index is 179. The Hall–Kier alpha value is -0.240. The van der Waals surface area contributed by atoms with Crippen LogP contribution in [0.5, 0.6) is 0 Å². The lowest BCUT2D eigenvalue weighted by atomic mass is 10.2. The zero-order chi connectivity index (χ0) is 11.5. The average Bonchev–Trinajstić information content (AvgIpc) is 2.33. The fraction of sp³-hybridized carbons (Fsp3) is 0.909. The van der Waals surface area contributed by atoms with E-state index in [1.165, 1.54) is 24.6 Å². The minimum atomic E-state index is -0.265. The Balaban J connectivity index is 0. The van der Waals surface area contributed by atoms with Crippen molar-refractivity contribution in [1.82, 2.24) is 4.90 Å². The second-order valence-electron chi connectivity index (χ2n) is 3.33. The van der Waals surface area contributed by atoms with Crippen LogP contribution in [-0.2, 0) is 0 Å². The van der Waals surface area contributed by atoms with Crippen molar-refractivity contribution in [3.63, 3.8) is 0 Å². The van der Waals surface area contributed by atoms with Crippen LogP contribution in [0.2, 0.25) is 0 Å². The fourth-order valence-corrected chi connectivity index (χ4v) is 2.40. The fourth-order valence-electron chi connectivity index (χ4n) is 1.42. The number of hydrogen-bond donors (Lipinski definition) is 1. The van der Waals surface area contributed by atoms with Crippen LogP contribution in [-0.4, -0.2) is 42.1 Å². The minimum absolute atomic E-state index is 0. The summed E-state index contributed by atoms with van der Waals surface area (Å²) < 4.78 is 0. The molecule has 0 amide bonds. The molecule has 0 radical (unpaired) electrons. The third kappa shape index (κ3) is 7.66. The van der Waals surface area contributed by atoms with Crippen LogP contribution < -0.4 is 5.73 Å². The smallest absolute Gasteiger partial charge is 0.0928 e. The van der Waals surface area contributed by atoms with E-state index in [2.05, 4.69) is 11.0 Å². The Kier molecular flexibility index (Phi) is 10.1. The molecule has 1 rings (SSSR count). The molecule has 15 heavy (non-hydrogen) atoms. The van der Waals surface area contributed by atoms with Crippen molar-refractivity contribution in [2.75, 3.05) is 31.1 Å². The lowest BCUT2D eigenvalue weighted by molar-refractivity contribution is 0.294. The van der Waals surface area contributed by atoms with Gasteiger partial charge in [-0.05, 0) is 19.4 Å². The largest absolute Gasteiger partial charge is 0.316 e. The van der Waals surface area contributed by atoms with E-state index in [-0.39, 0.29) is 7.47 Å². The van der Waals surface area contributed by atoms with Gasteiger partial charge < -0.3 is 10.6 Å². The highest BCUT2D eigenvalue weighted by Crippen LogP contribution is 2.09. The predicted molar refractivity (Wildman–Crippen MR) is 70.0 cm³/mol. The molecule has 3 nitrogen and oxygen atoms in total. The van der Waals surface area contributed by atoms with Crippen LogP contribution in [0.25, 0.3) is 0 Å². The highest BCUT2D eigenvalue weighted by molar-refractivity contribution is 7.99. The lowest BCUT2D eigenvalue weighted by Crippen LogP contribution is -2.34. The summed E-state index contributed by atoms with van der Waals surface area (Å²) in [6.45, 7) is 7.51. The number of rotatable bonds is 4. The highest BCUT2D eigenvalue weighted by Gasteiger charge is 2.09. The van der Waals surface area contributed by atoms with E-state index < -0.39 is 0 Å². The van der Waals surface area contributed by atoms with E-state index in [0.717, 1.165) is 19.4 Å². The first-order valence-corrected chi connectivity index (χ1v) is 6.93. The number of nitrogens with zero attached hydrogens (tertiary/aromatic N) is 2. The summed E-state index contributed by atoms with van der Waals surface area (Å²) in [5.41, 5.74) is 5.50. The van der Waals surface area contributed by atoms with Gasteiger partial charge >= 0.3 is 0 Å². The van der Waals surface area contributed by atoms with Crippen molar-refractivity contribution in [2.24, 2.45) is 5.73 Å². The van der Waals surface area contributed by atoms with E-state index in [1.54, 1.807) is 0 Å². The zero-order valence-corrected chi connectivity index (χ0v) is 10.7. The molecule has 1 aliphatic heterocycles. The molecular formula is C11H25N3S. The summed E-state index contributed by atoms with van der Waals surface area (Å²) in [5, 5.41) is 8.48. The maximum absolute atomic E-state index is 8.48. The second-order valence-corrected chi connectivity index (χ2v) is 4.56. The van der Waals surface area contributed by atoms with Crippen LogP contribution >= 0.6 is 11.8 Å². The number of nitrogens with two attached hydrogens (primary N) is 1. The highest BCUT2D eigenvalue weighted by atomic mass is 32.2. The van der Waals surface area contributed by atoms with Crippen LogP contribution in [0.3, 0.4) is 0 Å². The van der Waals surface area contributed by atoms with Gasteiger partial charge in [-0.25, -0.2) is 0 Å². The number of thioether (sulfide) groups is 1.